The summed E-state index contributed by atoms with van der Waals surface area (Å²) in [6.45, 7) is 4.49. The van der Waals surface area contributed by atoms with Crippen LogP contribution in [0.15, 0.2) is 0 Å². The molecule has 90 valence electrons. The van der Waals surface area contributed by atoms with E-state index in [4.69, 9.17) is 16.3 Å². The number of hydrogen-bond donors (Lipinski definition) is 0. The summed E-state index contributed by atoms with van der Waals surface area (Å²) in [5, 5.41) is 0. The van der Waals surface area contributed by atoms with Gasteiger partial charge >= 0.3 is 0 Å². The van der Waals surface area contributed by atoms with Crippen molar-refractivity contribution in [3.05, 3.63) is 0 Å². The van der Waals surface area contributed by atoms with Gasteiger partial charge in [-0.15, -0.1) is 11.6 Å². The third kappa shape index (κ3) is 3.96. The van der Waals surface area contributed by atoms with E-state index in [9.17, 15) is 0 Å². The highest BCUT2D eigenvalue weighted by Gasteiger charge is 2.53. The maximum atomic E-state index is 5.88. The highest BCUT2D eigenvalue weighted by molar-refractivity contribution is 6.18. The summed E-state index contributed by atoms with van der Waals surface area (Å²) in [5.74, 6) is 0.679. The minimum atomic E-state index is 0.187. The topological polar surface area (TPSA) is 12.5 Å². The first-order valence-electron chi connectivity index (χ1n) is 6.53. The second-order valence-electron chi connectivity index (χ2n) is 4.74. The van der Waals surface area contributed by atoms with Crippen LogP contribution in [0, 0.1) is 0 Å². The van der Waals surface area contributed by atoms with Crippen molar-refractivity contribution < 1.29 is 4.74 Å². The molecule has 1 fully saturated rings. The number of unbranched alkanes of at least 4 members (excludes halogenated alkanes) is 4. The molecule has 0 aromatic carbocycles. The summed E-state index contributed by atoms with van der Waals surface area (Å²) in [4.78, 5) is 0. The standard InChI is InChI=1S/C13H25ClO/c1-3-5-7-9-13(10-8-6-4-2)12(11-14)15-13/h12H,3-11H2,1-2H3. The van der Waals surface area contributed by atoms with Crippen LogP contribution in [-0.2, 0) is 4.74 Å². The minimum absolute atomic E-state index is 0.187. The van der Waals surface area contributed by atoms with Crippen molar-refractivity contribution in [3.8, 4) is 0 Å². The Morgan fingerprint density at radius 2 is 1.53 bits per heavy atom. The van der Waals surface area contributed by atoms with E-state index in [1.807, 2.05) is 0 Å². The van der Waals surface area contributed by atoms with Gasteiger partial charge in [0.1, 0.15) is 6.10 Å². The quantitative estimate of drug-likeness (QED) is 0.323. The first-order valence-corrected chi connectivity index (χ1v) is 7.06. The number of epoxide rings is 1. The molecule has 0 saturated carbocycles. The zero-order valence-corrected chi connectivity index (χ0v) is 11.0. The van der Waals surface area contributed by atoms with Crippen LogP contribution < -0.4 is 0 Å². The highest BCUT2D eigenvalue weighted by atomic mass is 35.5. The third-order valence-electron chi connectivity index (χ3n) is 3.45. The molecule has 0 N–H and O–H groups in total. The van der Waals surface area contributed by atoms with Crippen molar-refractivity contribution in [2.45, 2.75) is 76.9 Å². The molecule has 1 aliphatic heterocycles. The number of ether oxygens (including phenoxy) is 1. The number of alkyl halides is 1. The highest BCUT2D eigenvalue weighted by Crippen LogP contribution is 2.45. The first-order chi connectivity index (χ1) is 7.29. The van der Waals surface area contributed by atoms with Gasteiger partial charge in [-0.1, -0.05) is 52.4 Å². The molecule has 15 heavy (non-hydrogen) atoms. The molecular formula is C13H25ClO. The van der Waals surface area contributed by atoms with Gasteiger partial charge < -0.3 is 4.74 Å². The molecule has 1 nitrogen and oxygen atoms in total. The molecule has 1 heterocycles. The second kappa shape index (κ2) is 6.75. The van der Waals surface area contributed by atoms with E-state index < -0.39 is 0 Å². The zero-order chi connectivity index (χ0) is 11.1. The van der Waals surface area contributed by atoms with Crippen LogP contribution in [-0.4, -0.2) is 17.6 Å². The monoisotopic (exact) mass is 232 g/mol. The van der Waals surface area contributed by atoms with Crippen molar-refractivity contribution in [2.75, 3.05) is 5.88 Å². The molecule has 1 unspecified atom stereocenters. The molecule has 0 radical (unpaired) electrons. The Balaban J connectivity index is 2.23. The van der Waals surface area contributed by atoms with Crippen molar-refractivity contribution in [3.63, 3.8) is 0 Å². The maximum absolute atomic E-state index is 5.88. The Morgan fingerprint density at radius 1 is 1.00 bits per heavy atom. The molecule has 1 rings (SSSR count). The van der Waals surface area contributed by atoms with Gasteiger partial charge in [0.05, 0.1) is 11.5 Å². The third-order valence-corrected chi connectivity index (χ3v) is 3.73. The van der Waals surface area contributed by atoms with Gasteiger partial charge in [-0.2, -0.15) is 0 Å². The fraction of sp³-hybridized carbons (Fsp3) is 1.00. The smallest absolute Gasteiger partial charge is 0.101 e. The van der Waals surface area contributed by atoms with Gasteiger partial charge in [-0.25, -0.2) is 0 Å². The lowest BCUT2D eigenvalue weighted by atomic mass is 9.92. The normalized spacial score (nSPS) is 23.0. The van der Waals surface area contributed by atoms with Crippen molar-refractivity contribution >= 4 is 11.6 Å². The predicted octanol–water partition coefficient (Wildman–Crippen LogP) is 4.52. The number of rotatable bonds is 9. The van der Waals surface area contributed by atoms with E-state index in [2.05, 4.69) is 13.8 Å². The van der Waals surface area contributed by atoms with Crippen molar-refractivity contribution in [1.29, 1.82) is 0 Å². The number of halogens is 1. The molecule has 0 amide bonds. The van der Waals surface area contributed by atoms with E-state index in [1.165, 1.54) is 51.4 Å². The molecule has 0 spiro atoms. The SMILES string of the molecule is CCCCCC1(CCCCC)OC1CCl. The first kappa shape index (κ1) is 13.3. The van der Waals surface area contributed by atoms with E-state index in [1.54, 1.807) is 0 Å². The second-order valence-corrected chi connectivity index (χ2v) is 5.05. The molecule has 1 aliphatic rings. The van der Waals surface area contributed by atoms with Crippen LogP contribution in [0.5, 0.6) is 0 Å². The molecule has 0 aliphatic carbocycles. The van der Waals surface area contributed by atoms with Crippen LogP contribution in [0.2, 0.25) is 0 Å². The molecule has 0 bridgehead atoms. The Morgan fingerprint density at radius 3 is 1.87 bits per heavy atom. The molecule has 0 aromatic heterocycles. The Kier molecular flexibility index (Phi) is 5.99. The van der Waals surface area contributed by atoms with E-state index in [0.29, 0.717) is 12.0 Å². The Labute approximate surface area is 99.5 Å². The molecule has 0 aromatic rings. The lowest BCUT2D eigenvalue weighted by Crippen LogP contribution is -2.16. The van der Waals surface area contributed by atoms with Crippen LogP contribution in [0.25, 0.3) is 0 Å². The van der Waals surface area contributed by atoms with Gasteiger partial charge in [0, 0.05) is 0 Å². The largest absolute Gasteiger partial charge is 0.365 e. The molecule has 1 atom stereocenters. The van der Waals surface area contributed by atoms with E-state index in [0.717, 1.165) is 0 Å². The molecular weight excluding hydrogens is 208 g/mol. The summed E-state index contributed by atoms with van der Waals surface area (Å²) in [5.41, 5.74) is 0.187. The van der Waals surface area contributed by atoms with Gasteiger partial charge in [-0.05, 0) is 12.8 Å². The van der Waals surface area contributed by atoms with Crippen LogP contribution in [0.4, 0.5) is 0 Å². The summed E-state index contributed by atoms with van der Waals surface area (Å²) < 4.78 is 5.81. The van der Waals surface area contributed by atoms with Gasteiger partial charge in [0.15, 0.2) is 0 Å². The lowest BCUT2D eigenvalue weighted by Gasteiger charge is -2.12. The number of hydrogen-bond acceptors (Lipinski definition) is 1. The van der Waals surface area contributed by atoms with Crippen LogP contribution in [0.1, 0.15) is 65.2 Å². The lowest BCUT2D eigenvalue weighted by molar-refractivity contribution is 0.257. The average molecular weight is 233 g/mol. The summed E-state index contributed by atoms with van der Waals surface area (Å²) in [6.07, 6.45) is 10.6. The van der Waals surface area contributed by atoms with Crippen molar-refractivity contribution in [1.82, 2.24) is 0 Å². The Hall–Kier alpha value is 0.250. The van der Waals surface area contributed by atoms with E-state index >= 15 is 0 Å². The summed E-state index contributed by atoms with van der Waals surface area (Å²) in [6, 6.07) is 0. The van der Waals surface area contributed by atoms with Crippen LogP contribution >= 0.6 is 11.6 Å². The average Bonchev–Trinajstić information content (AvgIpc) is 2.93. The summed E-state index contributed by atoms with van der Waals surface area (Å²) in [7, 11) is 0. The van der Waals surface area contributed by atoms with E-state index in [-0.39, 0.29) is 5.60 Å². The van der Waals surface area contributed by atoms with Gasteiger partial charge in [0.25, 0.3) is 0 Å². The fourth-order valence-corrected chi connectivity index (χ4v) is 2.68. The van der Waals surface area contributed by atoms with Crippen LogP contribution in [0.3, 0.4) is 0 Å². The van der Waals surface area contributed by atoms with Crippen molar-refractivity contribution in [2.24, 2.45) is 0 Å². The predicted molar refractivity (Wildman–Crippen MR) is 66.6 cm³/mol. The minimum Gasteiger partial charge on any atom is -0.365 e. The Bertz CT molecular complexity index is 160. The maximum Gasteiger partial charge on any atom is 0.101 e. The van der Waals surface area contributed by atoms with Gasteiger partial charge in [-0.3, -0.25) is 0 Å². The molecule has 1 saturated heterocycles. The summed E-state index contributed by atoms with van der Waals surface area (Å²) >= 11 is 5.88. The molecule has 2 heteroatoms. The van der Waals surface area contributed by atoms with Gasteiger partial charge in [0.2, 0.25) is 0 Å². The fourth-order valence-electron chi connectivity index (χ4n) is 2.33. The zero-order valence-electron chi connectivity index (χ0n) is 10.2.